The Bertz CT molecular complexity index is 2370. The number of hydrogen-bond donors (Lipinski definition) is 4. The lowest BCUT2D eigenvalue weighted by molar-refractivity contribution is -0.264. The van der Waals surface area contributed by atoms with Crippen molar-refractivity contribution in [1.29, 1.82) is 0 Å². The molecule has 1 aromatic heterocycles. The number of benzene rings is 5. The first-order chi connectivity index (χ1) is 28.8. The second-order valence-electron chi connectivity index (χ2n) is 15.7. The number of H-pyrrole nitrogens is 1. The molecule has 11 nitrogen and oxygen atoms in total. The lowest BCUT2D eigenvalue weighted by Gasteiger charge is -2.45. The van der Waals surface area contributed by atoms with Crippen LogP contribution in [0.2, 0.25) is 0 Å². The number of likely N-dealkylation sites (tertiary alicyclic amines) is 1. The molecule has 0 radical (unpaired) electrons. The average molecular weight is 794 g/mol. The number of hydrogen-bond acceptors (Lipinski definition) is 7. The molecule has 0 aliphatic carbocycles. The van der Waals surface area contributed by atoms with Crippen LogP contribution < -0.4 is 16.3 Å². The third-order valence-corrected chi connectivity index (χ3v) is 11.7. The zero-order valence-electron chi connectivity index (χ0n) is 33.2. The monoisotopic (exact) mass is 793 g/mol. The van der Waals surface area contributed by atoms with Crippen molar-refractivity contribution in [2.24, 2.45) is 0 Å². The van der Waals surface area contributed by atoms with Gasteiger partial charge in [-0.1, -0.05) is 121 Å². The number of para-hydroxylation sites is 2. The van der Waals surface area contributed by atoms with Crippen LogP contribution in [-0.2, 0) is 33.8 Å². The number of Topliss-reactive ketones (excluding diaryl/α,β-unsaturated/α-hetero) is 1. The summed E-state index contributed by atoms with van der Waals surface area (Å²) in [7, 11) is 0. The fraction of sp³-hybridized carbons (Fsp3) is 0.312. The van der Waals surface area contributed by atoms with E-state index in [9.17, 15) is 19.5 Å². The highest BCUT2D eigenvalue weighted by Crippen LogP contribution is 2.47. The number of carbonyl (C=O) groups excluding carboxylic acids is 2. The van der Waals surface area contributed by atoms with Gasteiger partial charge in [0.05, 0.1) is 35.9 Å². The molecule has 6 aromatic rings. The fourth-order valence-corrected chi connectivity index (χ4v) is 8.55. The van der Waals surface area contributed by atoms with Crippen LogP contribution in [0.4, 0.5) is 4.79 Å². The van der Waals surface area contributed by atoms with E-state index in [4.69, 9.17) is 9.47 Å². The van der Waals surface area contributed by atoms with Gasteiger partial charge in [0.15, 0.2) is 12.1 Å². The molecule has 0 spiro atoms. The predicted octanol–water partition coefficient (Wildman–Crippen LogP) is 7.10. The zero-order valence-corrected chi connectivity index (χ0v) is 33.2. The second-order valence-corrected chi connectivity index (χ2v) is 15.7. The Hall–Kier alpha value is -5.85. The number of rotatable bonds is 13. The van der Waals surface area contributed by atoms with Gasteiger partial charge >= 0.3 is 11.7 Å². The first-order valence-electron chi connectivity index (χ1n) is 20.5. The van der Waals surface area contributed by atoms with Crippen molar-refractivity contribution in [3.05, 3.63) is 177 Å². The van der Waals surface area contributed by atoms with E-state index in [-0.39, 0.29) is 48.8 Å². The van der Waals surface area contributed by atoms with Crippen molar-refractivity contribution >= 4 is 22.8 Å². The third-order valence-electron chi connectivity index (χ3n) is 11.7. The van der Waals surface area contributed by atoms with E-state index in [2.05, 4.69) is 32.7 Å². The first kappa shape index (κ1) is 40.0. The van der Waals surface area contributed by atoms with E-state index in [1.165, 1.54) is 6.92 Å². The summed E-state index contributed by atoms with van der Waals surface area (Å²) in [5, 5.41) is 15.5. The molecule has 5 unspecified atom stereocenters. The summed E-state index contributed by atoms with van der Waals surface area (Å²) < 4.78 is 15.9. The maximum absolute atomic E-state index is 13.0. The minimum Gasteiger partial charge on any atom is -0.392 e. The molecule has 11 heteroatoms. The summed E-state index contributed by atoms with van der Waals surface area (Å²) in [4.78, 5) is 43.7. The molecule has 2 saturated heterocycles. The van der Waals surface area contributed by atoms with Gasteiger partial charge in [-0.25, -0.2) is 9.59 Å². The topological polar surface area (TPSA) is 138 Å². The normalized spacial score (nSPS) is 20.6. The number of aromatic nitrogens is 2. The summed E-state index contributed by atoms with van der Waals surface area (Å²) in [6.45, 7) is 4.01. The Morgan fingerprint density at radius 2 is 1.41 bits per heavy atom. The Labute approximate surface area is 344 Å². The van der Waals surface area contributed by atoms with Crippen LogP contribution in [0.15, 0.2) is 138 Å². The molecule has 304 valence electrons. The van der Waals surface area contributed by atoms with Gasteiger partial charge in [-0.3, -0.25) is 9.36 Å². The molecule has 2 amide bonds. The van der Waals surface area contributed by atoms with Crippen LogP contribution >= 0.6 is 0 Å². The number of imidazole rings is 1. The number of carbonyl (C=O) groups is 2. The van der Waals surface area contributed by atoms with Crippen LogP contribution in [0.1, 0.15) is 77.5 Å². The van der Waals surface area contributed by atoms with E-state index >= 15 is 0 Å². The van der Waals surface area contributed by atoms with Crippen molar-refractivity contribution < 1.29 is 24.2 Å². The highest BCUT2D eigenvalue weighted by Gasteiger charge is 2.43. The van der Waals surface area contributed by atoms with Gasteiger partial charge in [-0.2, -0.15) is 0 Å². The van der Waals surface area contributed by atoms with Gasteiger partial charge in [-0.15, -0.1) is 0 Å². The summed E-state index contributed by atoms with van der Waals surface area (Å²) >= 11 is 0. The number of aliphatic hydroxyl groups is 1. The zero-order chi connectivity index (χ0) is 40.7. The van der Waals surface area contributed by atoms with Crippen molar-refractivity contribution in [2.45, 2.75) is 75.8 Å². The number of piperidine rings is 1. The number of aliphatic hydroxyl groups excluding tert-OH is 1. The molecule has 2 aliphatic rings. The molecule has 8 rings (SSSR count). The lowest BCUT2D eigenvalue weighted by atomic mass is 9.83. The fourth-order valence-electron chi connectivity index (χ4n) is 8.55. The maximum atomic E-state index is 13.0. The van der Waals surface area contributed by atoms with Gasteiger partial charge in [0.25, 0.3) is 0 Å². The van der Waals surface area contributed by atoms with Crippen molar-refractivity contribution in [3.8, 4) is 0 Å². The summed E-state index contributed by atoms with van der Waals surface area (Å²) in [6, 6.07) is 42.7. The predicted molar refractivity (Wildman–Crippen MR) is 227 cm³/mol. The quantitative estimate of drug-likeness (QED) is 0.0980. The summed E-state index contributed by atoms with van der Waals surface area (Å²) in [5.74, 6) is -0.243. The number of amides is 2. The number of aromatic amines is 1. The van der Waals surface area contributed by atoms with Crippen LogP contribution in [0.25, 0.3) is 11.0 Å². The SMILES string of the molecule is CC(=O)C(Cc1ccccc1)NC(=O)NCc1ccc(C2OC(CN3CCC(n4c(=O)[nH]c5ccccc54)CC3)C(c3ccccc3)C(c3ccc(CO)cc3)O2)cc1. The van der Waals surface area contributed by atoms with E-state index in [0.29, 0.717) is 13.0 Å². The number of nitrogens with zero attached hydrogens (tertiary/aromatic N) is 2. The molecule has 5 aromatic carbocycles. The molecule has 0 saturated carbocycles. The minimum absolute atomic E-state index is 0.0449. The molecular formula is C48H51N5O6. The standard InChI is InChI=1S/C48H51N5O6/c1-32(55)41(28-33-10-4-2-5-11-33)50-47(56)49-29-34-16-22-38(23-17-34)46-58-43(30-52-26-24-39(25-27-52)53-42-15-9-8-14-40(42)51-48(53)57)44(36-12-6-3-7-13-36)45(59-46)37-20-18-35(31-54)19-21-37/h2-23,39,41,43-46,54H,24-31H2,1H3,(H,51,57)(H2,49,50,56). The van der Waals surface area contributed by atoms with Crippen LogP contribution in [0.5, 0.6) is 0 Å². The minimum atomic E-state index is -0.676. The number of urea groups is 1. The average Bonchev–Trinajstić information content (AvgIpc) is 3.61. The Morgan fingerprint density at radius 3 is 2.10 bits per heavy atom. The Kier molecular flexibility index (Phi) is 12.4. The number of ketones is 1. The van der Waals surface area contributed by atoms with Crippen LogP contribution in [-0.4, -0.2) is 63.2 Å². The molecule has 0 bridgehead atoms. The van der Waals surface area contributed by atoms with Gasteiger partial charge in [0.1, 0.15) is 0 Å². The second kappa shape index (κ2) is 18.4. The third kappa shape index (κ3) is 9.40. The van der Waals surface area contributed by atoms with Crippen molar-refractivity contribution in [2.75, 3.05) is 19.6 Å². The Balaban J connectivity index is 0.994. The van der Waals surface area contributed by atoms with Gasteiger partial charge in [-0.05, 0) is 66.1 Å². The number of ether oxygens (including phenoxy) is 2. The van der Waals surface area contributed by atoms with E-state index in [1.807, 2.05) is 126 Å². The summed E-state index contributed by atoms with van der Waals surface area (Å²) in [5.41, 5.74) is 7.38. The Morgan fingerprint density at radius 1 is 0.763 bits per heavy atom. The van der Waals surface area contributed by atoms with Gasteiger partial charge in [0, 0.05) is 43.7 Å². The largest absolute Gasteiger partial charge is 0.392 e. The molecule has 2 fully saturated rings. The molecular weight excluding hydrogens is 743 g/mol. The van der Waals surface area contributed by atoms with Gasteiger partial charge in [0.2, 0.25) is 0 Å². The van der Waals surface area contributed by atoms with Gasteiger partial charge < -0.3 is 35.1 Å². The van der Waals surface area contributed by atoms with Crippen LogP contribution in [0, 0.1) is 0 Å². The van der Waals surface area contributed by atoms with Crippen molar-refractivity contribution in [1.82, 2.24) is 25.1 Å². The van der Waals surface area contributed by atoms with E-state index < -0.39 is 18.4 Å². The van der Waals surface area contributed by atoms with Crippen LogP contribution in [0.3, 0.4) is 0 Å². The number of fused-ring (bicyclic) bond motifs is 1. The molecule has 2 aliphatic heterocycles. The number of nitrogens with one attached hydrogen (secondary N) is 3. The van der Waals surface area contributed by atoms with Crippen molar-refractivity contribution in [3.63, 3.8) is 0 Å². The first-order valence-corrected chi connectivity index (χ1v) is 20.5. The smallest absolute Gasteiger partial charge is 0.326 e. The highest BCUT2D eigenvalue weighted by molar-refractivity contribution is 5.87. The molecule has 3 heterocycles. The lowest BCUT2D eigenvalue weighted by Crippen LogP contribution is -2.47. The highest BCUT2D eigenvalue weighted by atomic mass is 16.7. The summed E-state index contributed by atoms with van der Waals surface area (Å²) in [6.07, 6.45) is 0.818. The molecule has 4 N–H and O–H groups in total. The maximum Gasteiger partial charge on any atom is 0.326 e. The molecule has 59 heavy (non-hydrogen) atoms. The molecule has 5 atom stereocenters. The van der Waals surface area contributed by atoms with E-state index in [0.717, 1.165) is 70.3 Å². The van der Waals surface area contributed by atoms with E-state index in [1.54, 1.807) is 0 Å².